The molecular weight excluding hydrogens is 426 g/mol. The SMILES string of the molecule is CCc1ccccc1NC(=O)C(=O)NCC(c1ccc2c(c1)CCCN2C)N1CCN(C)CC1. The maximum absolute atomic E-state index is 12.7. The van der Waals surface area contributed by atoms with Crippen molar-refractivity contribution in [1.29, 1.82) is 0 Å². The Morgan fingerprint density at radius 2 is 1.74 bits per heavy atom. The van der Waals surface area contributed by atoms with Crippen LogP contribution in [-0.2, 0) is 22.4 Å². The van der Waals surface area contributed by atoms with Crippen LogP contribution in [0.15, 0.2) is 42.5 Å². The summed E-state index contributed by atoms with van der Waals surface area (Å²) in [5.41, 5.74) is 5.57. The molecule has 0 aromatic heterocycles. The molecule has 0 radical (unpaired) electrons. The van der Waals surface area contributed by atoms with Crippen LogP contribution < -0.4 is 15.5 Å². The van der Waals surface area contributed by atoms with Crippen molar-refractivity contribution in [2.24, 2.45) is 0 Å². The topological polar surface area (TPSA) is 67.9 Å². The predicted octanol–water partition coefficient (Wildman–Crippen LogP) is 2.67. The molecule has 1 fully saturated rings. The van der Waals surface area contributed by atoms with E-state index in [0.29, 0.717) is 12.2 Å². The molecule has 2 aliphatic heterocycles. The van der Waals surface area contributed by atoms with Crippen LogP contribution in [0.2, 0.25) is 0 Å². The lowest BCUT2D eigenvalue weighted by Crippen LogP contribution is -2.49. The first kappa shape index (κ1) is 24.2. The van der Waals surface area contributed by atoms with Crippen molar-refractivity contribution < 1.29 is 9.59 Å². The zero-order chi connectivity index (χ0) is 24.1. The summed E-state index contributed by atoms with van der Waals surface area (Å²) in [6.45, 7) is 7.37. The van der Waals surface area contributed by atoms with Crippen LogP contribution in [0.3, 0.4) is 0 Å². The van der Waals surface area contributed by atoms with Gasteiger partial charge in [0.2, 0.25) is 0 Å². The largest absolute Gasteiger partial charge is 0.374 e. The minimum atomic E-state index is -0.620. The summed E-state index contributed by atoms with van der Waals surface area (Å²) in [6.07, 6.45) is 3.02. The van der Waals surface area contributed by atoms with E-state index in [1.165, 1.54) is 16.8 Å². The number of fused-ring (bicyclic) bond motifs is 1. The van der Waals surface area contributed by atoms with Gasteiger partial charge in [0.25, 0.3) is 0 Å². The van der Waals surface area contributed by atoms with E-state index < -0.39 is 11.8 Å². The Morgan fingerprint density at radius 3 is 2.50 bits per heavy atom. The van der Waals surface area contributed by atoms with Crippen LogP contribution in [0, 0.1) is 0 Å². The Labute approximate surface area is 203 Å². The highest BCUT2D eigenvalue weighted by Gasteiger charge is 2.27. The summed E-state index contributed by atoms with van der Waals surface area (Å²) in [5.74, 6) is -1.21. The number of nitrogens with one attached hydrogen (secondary N) is 2. The van der Waals surface area contributed by atoms with Gasteiger partial charge in [-0.05, 0) is 55.1 Å². The van der Waals surface area contributed by atoms with Gasteiger partial charge in [-0.2, -0.15) is 0 Å². The molecule has 4 rings (SSSR count). The fourth-order valence-corrected chi connectivity index (χ4v) is 5.00. The number of aryl methyl sites for hydroxylation is 2. The van der Waals surface area contributed by atoms with E-state index in [1.807, 2.05) is 31.2 Å². The summed E-state index contributed by atoms with van der Waals surface area (Å²) >= 11 is 0. The average molecular weight is 464 g/mol. The molecule has 2 aliphatic rings. The number of hydrogen-bond donors (Lipinski definition) is 2. The van der Waals surface area contributed by atoms with Gasteiger partial charge in [0.15, 0.2) is 0 Å². The summed E-state index contributed by atoms with van der Waals surface area (Å²) in [7, 11) is 4.28. The number of benzene rings is 2. The van der Waals surface area contributed by atoms with E-state index in [1.54, 1.807) is 0 Å². The van der Waals surface area contributed by atoms with Gasteiger partial charge in [0.1, 0.15) is 0 Å². The number of carbonyl (C=O) groups excluding carboxylic acids is 2. The molecular formula is C27H37N5O2. The first-order valence-electron chi connectivity index (χ1n) is 12.4. The van der Waals surface area contributed by atoms with Gasteiger partial charge in [-0.15, -0.1) is 0 Å². The van der Waals surface area contributed by atoms with E-state index in [9.17, 15) is 9.59 Å². The van der Waals surface area contributed by atoms with Gasteiger partial charge < -0.3 is 20.4 Å². The number of para-hydroxylation sites is 1. The van der Waals surface area contributed by atoms with Crippen LogP contribution in [0.25, 0.3) is 0 Å². The summed E-state index contributed by atoms with van der Waals surface area (Å²) in [4.78, 5) is 32.4. The monoisotopic (exact) mass is 463 g/mol. The molecule has 2 aromatic carbocycles. The molecule has 0 saturated carbocycles. The lowest BCUT2D eigenvalue weighted by atomic mass is 9.95. The van der Waals surface area contributed by atoms with Crippen LogP contribution >= 0.6 is 0 Å². The van der Waals surface area contributed by atoms with Crippen molar-refractivity contribution in [3.05, 3.63) is 59.2 Å². The number of carbonyl (C=O) groups is 2. The van der Waals surface area contributed by atoms with E-state index in [2.05, 4.69) is 57.6 Å². The number of hydrogen-bond acceptors (Lipinski definition) is 5. The highest BCUT2D eigenvalue weighted by Crippen LogP contribution is 2.31. The van der Waals surface area contributed by atoms with Crippen molar-refractivity contribution in [2.45, 2.75) is 32.2 Å². The van der Waals surface area contributed by atoms with Crippen LogP contribution in [0.4, 0.5) is 11.4 Å². The normalized spacial score (nSPS) is 17.7. The molecule has 2 aromatic rings. The molecule has 1 atom stereocenters. The molecule has 7 heteroatoms. The van der Waals surface area contributed by atoms with Crippen molar-refractivity contribution in [1.82, 2.24) is 15.1 Å². The first-order chi connectivity index (χ1) is 16.5. The van der Waals surface area contributed by atoms with Crippen molar-refractivity contribution in [3.63, 3.8) is 0 Å². The second-order valence-corrected chi connectivity index (χ2v) is 9.44. The lowest BCUT2D eigenvalue weighted by molar-refractivity contribution is -0.136. The Balaban J connectivity index is 1.47. The van der Waals surface area contributed by atoms with Gasteiger partial charge in [-0.3, -0.25) is 14.5 Å². The highest BCUT2D eigenvalue weighted by molar-refractivity contribution is 6.39. The summed E-state index contributed by atoms with van der Waals surface area (Å²) in [6, 6.07) is 14.3. The lowest BCUT2D eigenvalue weighted by Gasteiger charge is -2.39. The van der Waals surface area contributed by atoms with Gasteiger partial charge >= 0.3 is 11.8 Å². The second kappa shape index (κ2) is 11.0. The summed E-state index contributed by atoms with van der Waals surface area (Å²) < 4.78 is 0. The van der Waals surface area contributed by atoms with E-state index in [4.69, 9.17) is 0 Å². The average Bonchev–Trinajstić information content (AvgIpc) is 2.85. The molecule has 34 heavy (non-hydrogen) atoms. The quantitative estimate of drug-likeness (QED) is 0.645. The summed E-state index contributed by atoms with van der Waals surface area (Å²) in [5, 5.41) is 5.70. The standard InChI is InChI=1S/C27H37N5O2/c1-4-20-8-5-6-10-23(20)29-27(34)26(33)28-19-25(32-16-14-30(2)15-17-32)22-11-12-24-21(18-22)9-7-13-31(24)3/h5-6,8,10-12,18,25H,4,7,9,13-17,19H2,1-3H3,(H,28,33)(H,29,34). The second-order valence-electron chi connectivity index (χ2n) is 9.44. The Hall–Kier alpha value is -2.90. The Morgan fingerprint density at radius 1 is 0.971 bits per heavy atom. The third kappa shape index (κ3) is 5.59. The van der Waals surface area contributed by atoms with E-state index >= 15 is 0 Å². The number of rotatable bonds is 6. The van der Waals surface area contributed by atoms with Crippen molar-refractivity contribution >= 4 is 23.2 Å². The molecule has 2 amide bonds. The van der Waals surface area contributed by atoms with Crippen LogP contribution in [0.5, 0.6) is 0 Å². The molecule has 7 nitrogen and oxygen atoms in total. The van der Waals surface area contributed by atoms with Gasteiger partial charge in [-0.1, -0.05) is 37.3 Å². The van der Waals surface area contributed by atoms with Gasteiger partial charge in [0, 0.05) is 57.7 Å². The van der Waals surface area contributed by atoms with Crippen LogP contribution in [0.1, 0.15) is 36.1 Å². The minimum Gasteiger partial charge on any atom is -0.374 e. The maximum atomic E-state index is 12.7. The Bertz CT molecular complexity index is 1020. The van der Waals surface area contributed by atoms with E-state index in [-0.39, 0.29) is 6.04 Å². The van der Waals surface area contributed by atoms with E-state index in [0.717, 1.165) is 57.5 Å². The zero-order valence-corrected chi connectivity index (χ0v) is 20.6. The molecule has 0 spiro atoms. The predicted molar refractivity (Wildman–Crippen MR) is 137 cm³/mol. The molecule has 2 N–H and O–H groups in total. The number of anilines is 2. The van der Waals surface area contributed by atoms with Crippen LogP contribution in [-0.4, -0.2) is 75.0 Å². The van der Waals surface area contributed by atoms with Crippen molar-refractivity contribution in [3.8, 4) is 0 Å². The Kier molecular flexibility index (Phi) is 7.85. The molecule has 0 aliphatic carbocycles. The highest BCUT2D eigenvalue weighted by atomic mass is 16.2. The minimum absolute atomic E-state index is 0.0333. The third-order valence-electron chi connectivity index (χ3n) is 7.13. The number of amides is 2. The molecule has 2 heterocycles. The molecule has 1 saturated heterocycles. The molecule has 182 valence electrons. The fourth-order valence-electron chi connectivity index (χ4n) is 5.00. The third-order valence-corrected chi connectivity index (χ3v) is 7.13. The number of nitrogens with zero attached hydrogens (tertiary/aromatic N) is 3. The smallest absolute Gasteiger partial charge is 0.313 e. The zero-order valence-electron chi connectivity index (χ0n) is 20.6. The van der Waals surface area contributed by atoms with Crippen molar-refractivity contribution in [2.75, 3.05) is 63.6 Å². The van der Waals surface area contributed by atoms with Gasteiger partial charge in [0.05, 0.1) is 6.04 Å². The van der Waals surface area contributed by atoms with Gasteiger partial charge in [-0.25, -0.2) is 0 Å². The number of likely N-dealkylation sites (N-methyl/N-ethyl adjacent to an activating group) is 1. The fraction of sp³-hybridized carbons (Fsp3) is 0.481. The maximum Gasteiger partial charge on any atom is 0.313 e. The molecule has 1 unspecified atom stereocenters. The molecule has 0 bridgehead atoms. The number of piperazine rings is 1. The first-order valence-corrected chi connectivity index (χ1v) is 12.4.